The van der Waals surface area contributed by atoms with Gasteiger partial charge in [-0.05, 0) is 19.1 Å². The molecular formula is C18H20F2N4O. The molecule has 2 fully saturated rings. The van der Waals surface area contributed by atoms with Crippen LogP contribution in [0.5, 0.6) is 0 Å². The van der Waals surface area contributed by atoms with Crippen molar-refractivity contribution in [2.45, 2.75) is 25.7 Å². The number of anilines is 1. The van der Waals surface area contributed by atoms with Crippen LogP contribution in [0.3, 0.4) is 0 Å². The van der Waals surface area contributed by atoms with E-state index in [0.717, 1.165) is 22.5 Å². The van der Waals surface area contributed by atoms with Crippen LogP contribution in [0.15, 0.2) is 24.3 Å². The number of benzene rings is 1. The number of amides is 1. The molecule has 4 rings (SSSR count). The molecule has 2 aliphatic heterocycles. The van der Waals surface area contributed by atoms with Crippen LogP contribution in [-0.2, 0) is 4.79 Å². The van der Waals surface area contributed by atoms with Gasteiger partial charge in [-0.3, -0.25) is 4.79 Å². The molecule has 0 bridgehead atoms. The van der Waals surface area contributed by atoms with Crippen molar-refractivity contribution in [3.05, 3.63) is 30.0 Å². The fraction of sp³-hybridized carbons (Fsp3) is 0.500. The molecule has 2 aromatic rings. The van der Waals surface area contributed by atoms with Crippen molar-refractivity contribution in [3.63, 3.8) is 0 Å². The minimum absolute atomic E-state index is 0.0156. The third kappa shape index (κ3) is 3.03. The molecule has 5 nitrogen and oxygen atoms in total. The smallest absolute Gasteiger partial charge is 0.251 e. The summed E-state index contributed by atoms with van der Waals surface area (Å²) in [5.41, 5.74) is 2.52. The molecule has 0 atom stereocenters. The van der Waals surface area contributed by atoms with E-state index in [9.17, 15) is 13.6 Å². The molecule has 0 aliphatic carbocycles. The second-order valence-electron chi connectivity index (χ2n) is 6.90. The van der Waals surface area contributed by atoms with E-state index in [4.69, 9.17) is 0 Å². The van der Waals surface area contributed by atoms with Crippen molar-refractivity contribution in [1.82, 2.24) is 14.9 Å². The predicted molar refractivity (Wildman–Crippen MR) is 90.7 cm³/mol. The normalized spacial score (nSPS) is 20.6. The number of nitrogens with zero attached hydrogens (tertiary/aromatic N) is 4. The van der Waals surface area contributed by atoms with Crippen LogP contribution < -0.4 is 4.90 Å². The summed E-state index contributed by atoms with van der Waals surface area (Å²) in [6.45, 7) is 3.35. The number of carbonyl (C=O) groups excluding carboxylic acids is 1. The zero-order valence-corrected chi connectivity index (χ0v) is 14.1. The average Bonchev–Trinajstić information content (AvgIpc) is 2.53. The van der Waals surface area contributed by atoms with E-state index in [2.05, 4.69) is 9.97 Å². The quantitative estimate of drug-likeness (QED) is 0.839. The molecule has 25 heavy (non-hydrogen) atoms. The van der Waals surface area contributed by atoms with Gasteiger partial charge in [0.15, 0.2) is 5.82 Å². The Labute approximate surface area is 144 Å². The van der Waals surface area contributed by atoms with E-state index >= 15 is 0 Å². The number of rotatable bonds is 2. The third-order valence-electron chi connectivity index (χ3n) is 5.06. The fourth-order valence-corrected chi connectivity index (χ4v) is 3.50. The molecular weight excluding hydrogens is 326 g/mol. The largest absolute Gasteiger partial charge is 0.353 e. The van der Waals surface area contributed by atoms with Crippen LogP contribution >= 0.6 is 0 Å². The number of aryl methyl sites for hydroxylation is 1. The number of fused-ring (bicyclic) bond motifs is 1. The number of likely N-dealkylation sites (tertiary alicyclic amines) is 1. The lowest BCUT2D eigenvalue weighted by atomic mass is 9.96. The molecule has 1 amide bonds. The van der Waals surface area contributed by atoms with Gasteiger partial charge in [0.05, 0.1) is 22.6 Å². The predicted octanol–water partition coefficient (Wildman–Crippen LogP) is 2.63. The highest BCUT2D eigenvalue weighted by molar-refractivity contribution is 5.83. The molecule has 3 heterocycles. The van der Waals surface area contributed by atoms with Gasteiger partial charge in [0.1, 0.15) is 0 Å². The van der Waals surface area contributed by atoms with Gasteiger partial charge >= 0.3 is 0 Å². The number of halogens is 2. The van der Waals surface area contributed by atoms with Crippen LogP contribution in [0, 0.1) is 12.8 Å². The van der Waals surface area contributed by atoms with Gasteiger partial charge in [-0.25, -0.2) is 18.7 Å². The van der Waals surface area contributed by atoms with E-state index in [1.165, 1.54) is 0 Å². The minimum Gasteiger partial charge on any atom is -0.353 e. The Balaban J connectivity index is 1.42. The number of hydrogen-bond acceptors (Lipinski definition) is 4. The summed E-state index contributed by atoms with van der Waals surface area (Å²) in [4.78, 5) is 25.3. The first-order valence-electron chi connectivity index (χ1n) is 8.58. The maximum Gasteiger partial charge on any atom is 0.251 e. The minimum atomic E-state index is -2.62. The van der Waals surface area contributed by atoms with Gasteiger partial charge in [0.25, 0.3) is 5.92 Å². The zero-order chi connectivity index (χ0) is 17.6. The van der Waals surface area contributed by atoms with E-state index in [1.54, 1.807) is 4.90 Å². The Morgan fingerprint density at radius 1 is 1.12 bits per heavy atom. The van der Waals surface area contributed by atoms with Crippen LogP contribution in [0.25, 0.3) is 11.0 Å². The van der Waals surface area contributed by atoms with Gasteiger partial charge in [-0.2, -0.15) is 0 Å². The van der Waals surface area contributed by atoms with Crippen molar-refractivity contribution < 1.29 is 13.6 Å². The maximum absolute atomic E-state index is 13.2. The Morgan fingerprint density at radius 3 is 2.36 bits per heavy atom. The van der Waals surface area contributed by atoms with E-state index < -0.39 is 5.92 Å². The second kappa shape index (κ2) is 5.89. The topological polar surface area (TPSA) is 49.3 Å². The second-order valence-corrected chi connectivity index (χ2v) is 6.90. The number of para-hydroxylation sites is 2. The van der Waals surface area contributed by atoms with Gasteiger partial charge in [-0.15, -0.1) is 0 Å². The molecule has 1 aromatic carbocycles. The van der Waals surface area contributed by atoms with Gasteiger partial charge < -0.3 is 9.80 Å². The number of alkyl halides is 2. The van der Waals surface area contributed by atoms with Crippen molar-refractivity contribution in [2.24, 2.45) is 5.92 Å². The van der Waals surface area contributed by atoms with Gasteiger partial charge in [-0.1, -0.05) is 12.1 Å². The van der Waals surface area contributed by atoms with Crippen LogP contribution in [0.1, 0.15) is 18.5 Å². The van der Waals surface area contributed by atoms with E-state index in [-0.39, 0.29) is 37.8 Å². The lowest BCUT2D eigenvalue weighted by molar-refractivity contribution is -0.142. The van der Waals surface area contributed by atoms with Crippen molar-refractivity contribution in [2.75, 3.05) is 31.1 Å². The fourth-order valence-electron chi connectivity index (χ4n) is 3.50. The van der Waals surface area contributed by atoms with E-state index in [0.29, 0.717) is 13.1 Å². The van der Waals surface area contributed by atoms with Crippen molar-refractivity contribution >= 4 is 22.8 Å². The Kier molecular flexibility index (Phi) is 3.81. The first-order chi connectivity index (χ1) is 11.9. The molecule has 0 saturated carbocycles. The monoisotopic (exact) mass is 346 g/mol. The molecule has 0 N–H and O–H groups in total. The molecule has 0 radical (unpaired) electrons. The summed E-state index contributed by atoms with van der Waals surface area (Å²) >= 11 is 0. The number of hydrogen-bond donors (Lipinski definition) is 0. The Bertz CT molecular complexity index is 810. The third-order valence-corrected chi connectivity index (χ3v) is 5.06. The standard InChI is InChI=1S/C18H20F2N4O/c1-12-16(22-15-5-3-2-4-14(15)21-12)24-10-13(11-24)17(25)23-8-6-18(19,20)7-9-23/h2-5,13H,6-11H2,1H3. The summed E-state index contributed by atoms with van der Waals surface area (Å²) < 4.78 is 26.5. The summed E-state index contributed by atoms with van der Waals surface area (Å²) in [6, 6.07) is 7.69. The number of aromatic nitrogens is 2. The molecule has 0 spiro atoms. The van der Waals surface area contributed by atoms with E-state index in [1.807, 2.05) is 36.1 Å². The first-order valence-corrected chi connectivity index (χ1v) is 8.58. The molecule has 2 aliphatic rings. The lowest BCUT2D eigenvalue weighted by Gasteiger charge is -2.43. The van der Waals surface area contributed by atoms with Gasteiger partial charge in [0, 0.05) is 39.0 Å². The number of carbonyl (C=O) groups is 1. The summed E-state index contributed by atoms with van der Waals surface area (Å²) in [5.74, 6) is -1.98. The van der Waals surface area contributed by atoms with Gasteiger partial charge in [0.2, 0.25) is 5.91 Å². The summed E-state index contributed by atoms with van der Waals surface area (Å²) in [7, 11) is 0. The highest BCUT2D eigenvalue weighted by Gasteiger charge is 2.41. The maximum atomic E-state index is 13.2. The number of piperidine rings is 1. The molecule has 7 heteroatoms. The molecule has 2 saturated heterocycles. The summed E-state index contributed by atoms with van der Waals surface area (Å²) in [5, 5.41) is 0. The molecule has 132 valence electrons. The SMILES string of the molecule is Cc1nc2ccccc2nc1N1CC(C(=O)N2CCC(F)(F)CC2)C1. The summed E-state index contributed by atoms with van der Waals surface area (Å²) in [6.07, 6.45) is -0.463. The lowest BCUT2D eigenvalue weighted by Crippen LogP contribution is -2.56. The first kappa shape index (κ1) is 16.2. The van der Waals surface area contributed by atoms with Crippen LogP contribution in [0.4, 0.5) is 14.6 Å². The Morgan fingerprint density at radius 2 is 1.72 bits per heavy atom. The average molecular weight is 346 g/mol. The Hall–Kier alpha value is -2.31. The van der Waals surface area contributed by atoms with Crippen molar-refractivity contribution in [1.29, 1.82) is 0 Å². The highest BCUT2D eigenvalue weighted by Crippen LogP contribution is 2.31. The molecule has 1 aromatic heterocycles. The van der Waals surface area contributed by atoms with Crippen LogP contribution in [0.2, 0.25) is 0 Å². The zero-order valence-electron chi connectivity index (χ0n) is 14.1. The van der Waals surface area contributed by atoms with Crippen molar-refractivity contribution in [3.8, 4) is 0 Å². The van der Waals surface area contributed by atoms with Crippen LogP contribution in [-0.4, -0.2) is 52.9 Å². The highest BCUT2D eigenvalue weighted by atomic mass is 19.3. The molecule has 0 unspecified atom stereocenters.